The summed E-state index contributed by atoms with van der Waals surface area (Å²) in [6.07, 6.45) is 3.69. The van der Waals surface area contributed by atoms with Crippen LogP contribution in [0.25, 0.3) is 21.9 Å². The fourth-order valence-corrected chi connectivity index (χ4v) is 3.08. The molecule has 4 nitrogen and oxygen atoms in total. The number of nitrogens with two attached hydrogens (primary N) is 1. The molecule has 0 bridgehead atoms. The van der Waals surface area contributed by atoms with E-state index in [9.17, 15) is 0 Å². The summed E-state index contributed by atoms with van der Waals surface area (Å²) in [5.74, 6) is 0.960. The lowest BCUT2D eigenvalue weighted by Gasteiger charge is -2.06. The maximum atomic E-state index is 6.01. The summed E-state index contributed by atoms with van der Waals surface area (Å²) >= 11 is 7.69. The van der Waals surface area contributed by atoms with Gasteiger partial charge in [0.05, 0.1) is 9.90 Å². The highest BCUT2D eigenvalue weighted by atomic mass is 35.5. The van der Waals surface area contributed by atoms with E-state index in [4.69, 9.17) is 17.3 Å². The molecule has 0 amide bonds. The lowest BCUT2D eigenvalue weighted by molar-refractivity contribution is 0.628. The average molecular weight is 307 g/mol. The van der Waals surface area contributed by atoms with Gasteiger partial charge in [0.2, 0.25) is 0 Å². The Kier molecular flexibility index (Phi) is 4.00. The first-order chi connectivity index (χ1) is 9.79. The lowest BCUT2D eigenvalue weighted by Crippen LogP contribution is -2.05. The Morgan fingerprint density at radius 1 is 1.35 bits per heavy atom. The zero-order valence-corrected chi connectivity index (χ0v) is 12.5. The maximum Gasteiger partial charge on any atom is 0.160 e. The third-order valence-electron chi connectivity index (χ3n) is 3.13. The minimum atomic E-state index is 0.613. The quantitative estimate of drug-likeness (QED) is 0.733. The van der Waals surface area contributed by atoms with Crippen LogP contribution in [0, 0.1) is 0 Å². The number of rotatable bonds is 5. The van der Waals surface area contributed by atoms with Crippen molar-refractivity contribution in [2.24, 2.45) is 5.73 Å². The molecule has 0 atom stereocenters. The third-order valence-corrected chi connectivity index (χ3v) is 4.20. The minimum Gasteiger partial charge on any atom is -0.330 e. The molecule has 0 radical (unpaired) electrons. The molecular weight excluding hydrogens is 292 g/mol. The second kappa shape index (κ2) is 5.91. The van der Waals surface area contributed by atoms with Crippen LogP contribution in [0.15, 0.2) is 29.8 Å². The second-order valence-electron chi connectivity index (χ2n) is 4.56. The molecule has 0 aromatic carbocycles. The van der Waals surface area contributed by atoms with E-state index in [1.165, 1.54) is 0 Å². The van der Waals surface area contributed by atoms with Crippen LogP contribution in [-0.2, 0) is 6.54 Å². The topological polar surface area (TPSA) is 56.7 Å². The number of unbranched alkanes of at least 4 members (excludes halogenated alkanes) is 1. The predicted molar refractivity (Wildman–Crippen MR) is 84.1 cm³/mol. The predicted octanol–water partition coefficient (Wildman–Crippen LogP) is 3.55. The Morgan fingerprint density at radius 3 is 3.00 bits per heavy atom. The molecule has 20 heavy (non-hydrogen) atoms. The number of halogens is 1. The molecular formula is C14H15ClN4S. The number of hydrogen-bond acceptors (Lipinski definition) is 4. The molecule has 0 fully saturated rings. The molecule has 3 aromatic heterocycles. The van der Waals surface area contributed by atoms with Crippen molar-refractivity contribution in [3.8, 4) is 10.7 Å². The Balaban J connectivity index is 2.09. The highest BCUT2D eigenvalue weighted by molar-refractivity contribution is 7.13. The Morgan fingerprint density at radius 2 is 2.25 bits per heavy atom. The molecule has 6 heteroatoms. The van der Waals surface area contributed by atoms with Gasteiger partial charge < -0.3 is 10.3 Å². The van der Waals surface area contributed by atoms with E-state index in [0.717, 1.165) is 41.3 Å². The van der Waals surface area contributed by atoms with Crippen molar-refractivity contribution in [1.29, 1.82) is 0 Å². The Bertz CT molecular complexity index is 705. The number of imidazole rings is 1. The molecule has 0 aliphatic carbocycles. The van der Waals surface area contributed by atoms with Crippen molar-refractivity contribution in [2.45, 2.75) is 19.4 Å². The highest BCUT2D eigenvalue weighted by Gasteiger charge is 2.14. The first-order valence-corrected chi connectivity index (χ1v) is 7.81. The smallest absolute Gasteiger partial charge is 0.160 e. The summed E-state index contributed by atoms with van der Waals surface area (Å²) in [6, 6.07) is 5.97. The molecule has 0 aliphatic heterocycles. The van der Waals surface area contributed by atoms with Crippen LogP contribution in [0.3, 0.4) is 0 Å². The number of hydrogen-bond donors (Lipinski definition) is 1. The summed E-state index contributed by atoms with van der Waals surface area (Å²) in [5.41, 5.74) is 7.30. The van der Waals surface area contributed by atoms with Gasteiger partial charge in [0.25, 0.3) is 0 Å². The molecule has 0 unspecified atom stereocenters. The van der Waals surface area contributed by atoms with Crippen molar-refractivity contribution in [2.75, 3.05) is 6.54 Å². The van der Waals surface area contributed by atoms with Crippen LogP contribution in [0.4, 0.5) is 0 Å². The van der Waals surface area contributed by atoms with E-state index in [0.29, 0.717) is 11.6 Å². The molecule has 3 aromatic rings. The zero-order chi connectivity index (χ0) is 13.9. The zero-order valence-electron chi connectivity index (χ0n) is 10.9. The van der Waals surface area contributed by atoms with E-state index < -0.39 is 0 Å². The van der Waals surface area contributed by atoms with Crippen LogP contribution in [0.1, 0.15) is 12.8 Å². The summed E-state index contributed by atoms with van der Waals surface area (Å²) in [7, 11) is 0. The van der Waals surface area contributed by atoms with Crippen molar-refractivity contribution in [3.05, 3.63) is 34.8 Å². The van der Waals surface area contributed by atoms with Gasteiger partial charge in [0, 0.05) is 12.7 Å². The fraction of sp³-hybridized carbons (Fsp3) is 0.286. The van der Waals surface area contributed by atoms with Crippen LogP contribution in [-0.4, -0.2) is 21.1 Å². The van der Waals surface area contributed by atoms with E-state index in [1.54, 1.807) is 17.5 Å². The molecule has 3 heterocycles. The largest absolute Gasteiger partial charge is 0.330 e. The second-order valence-corrected chi connectivity index (χ2v) is 5.94. The maximum absolute atomic E-state index is 6.01. The van der Waals surface area contributed by atoms with E-state index in [-0.39, 0.29) is 0 Å². The van der Waals surface area contributed by atoms with Gasteiger partial charge in [-0.05, 0) is 36.9 Å². The lowest BCUT2D eigenvalue weighted by atomic mass is 10.3. The van der Waals surface area contributed by atoms with Gasteiger partial charge in [-0.15, -0.1) is 11.3 Å². The van der Waals surface area contributed by atoms with Gasteiger partial charge in [0.15, 0.2) is 11.5 Å². The van der Waals surface area contributed by atoms with Crippen molar-refractivity contribution >= 4 is 34.1 Å². The molecule has 0 saturated carbocycles. The summed E-state index contributed by atoms with van der Waals surface area (Å²) < 4.78 is 2.16. The summed E-state index contributed by atoms with van der Waals surface area (Å²) in [4.78, 5) is 10.3. The van der Waals surface area contributed by atoms with E-state index in [1.807, 2.05) is 12.1 Å². The van der Waals surface area contributed by atoms with Crippen LogP contribution in [0.2, 0.25) is 5.02 Å². The van der Waals surface area contributed by atoms with Crippen molar-refractivity contribution in [3.63, 3.8) is 0 Å². The SMILES string of the molecule is NCCCCn1c(-c2cccs2)nc2cc(Cl)cnc21. The third kappa shape index (κ3) is 2.57. The number of aryl methyl sites for hydroxylation is 1. The average Bonchev–Trinajstić information content (AvgIpc) is 3.06. The minimum absolute atomic E-state index is 0.613. The van der Waals surface area contributed by atoms with Gasteiger partial charge in [-0.3, -0.25) is 0 Å². The number of nitrogens with zero attached hydrogens (tertiary/aromatic N) is 3. The van der Waals surface area contributed by atoms with Crippen molar-refractivity contribution in [1.82, 2.24) is 14.5 Å². The van der Waals surface area contributed by atoms with E-state index in [2.05, 4.69) is 26.0 Å². The standard InChI is InChI=1S/C14H15ClN4S/c15-10-8-11-13(17-9-10)19(6-2-1-5-16)14(18-11)12-4-3-7-20-12/h3-4,7-9H,1-2,5-6,16H2. The molecule has 104 valence electrons. The molecule has 0 aliphatic rings. The van der Waals surface area contributed by atoms with Gasteiger partial charge in [0.1, 0.15) is 5.52 Å². The number of aromatic nitrogens is 3. The Hall–Kier alpha value is -1.43. The van der Waals surface area contributed by atoms with Crippen molar-refractivity contribution < 1.29 is 0 Å². The monoisotopic (exact) mass is 306 g/mol. The molecule has 0 spiro atoms. The van der Waals surface area contributed by atoms with Gasteiger partial charge in [-0.2, -0.15) is 0 Å². The Labute approximate surface area is 126 Å². The summed E-state index contributed by atoms with van der Waals surface area (Å²) in [5, 5.41) is 2.67. The molecule has 3 rings (SSSR count). The molecule has 2 N–H and O–H groups in total. The van der Waals surface area contributed by atoms with Gasteiger partial charge in [-0.25, -0.2) is 9.97 Å². The van der Waals surface area contributed by atoms with Crippen LogP contribution < -0.4 is 5.73 Å². The van der Waals surface area contributed by atoms with Gasteiger partial charge >= 0.3 is 0 Å². The number of fused-ring (bicyclic) bond motifs is 1. The highest BCUT2D eigenvalue weighted by Crippen LogP contribution is 2.28. The number of thiophene rings is 1. The van der Waals surface area contributed by atoms with E-state index >= 15 is 0 Å². The summed E-state index contributed by atoms with van der Waals surface area (Å²) in [6.45, 7) is 1.58. The fourth-order valence-electron chi connectivity index (χ4n) is 2.21. The first-order valence-electron chi connectivity index (χ1n) is 6.55. The van der Waals surface area contributed by atoms with Crippen LogP contribution >= 0.6 is 22.9 Å². The molecule has 0 saturated heterocycles. The normalized spacial score (nSPS) is 11.3. The van der Waals surface area contributed by atoms with Gasteiger partial charge in [-0.1, -0.05) is 17.7 Å². The number of pyridine rings is 1. The van der Waals surface area contributed by atoms with Crippen LogP contribution in [0.5, 0.6) is 0 Å². The first kappa shape index (κ1) is 13.5.